The van der Waals surface area contributed by atoms with Gasteiger partial charge >= 0.3 is 0 Å². The number of aromatic nitrogens is 4. The smallest absolute Gasteiger partial charge is 0.260 e. The number of anilines is 1. The lowest BCUT2D eigenvalue weighted by molar-refractivity contribution is 0.355. The minimum absolute atomic E-state index is 0.211. The Morgan fingerprint density at radius 1 is 1.10 bits per heavy atom. The first-order valence-electron chi connectivity index (χ1n) is 10.1. The summed E-state index contributed by atoms with van der Waals surface area (Å²) in [4.78, 5) is 27.1. The summed E-state index contributed by atoms with van der Waals surface area (Å²) in [6.45, 7) is 3.41. The van der Waals surface area contributed by atoms with Crippen LogP contribution in [0.15, 0.2) is 47.5 Å². The van der Waals surface area contributed by atoms with Gasteiger partial charge in [0.2, 0.25) is 5.95 Å². The molecule has 0 atom stereocenters. The van der Waals surface area contributed by atoms with Crippen molar-refractivity contribution in [3.05, 3.63) is 70.0 Å². The van der Waals surface area contributed by atoms with Crippen molar-refractivity contribution in [3.63, 3.8) is 0 Å². The summed E-state index contributed by atoms with van der Waals surface area (Å²) in [5.74, 6) is 1.57. The highest BCUT2D eigenvalue weighted by atomic mass is 16.5. The van der Waals surface area contributed by atoms with Crippen molar-refractivity contribution in [2.24, 2.45) is 0 Å². The van der Waals surface area contributed by atoms with Crippen LogP contribution < -0.4 is 19.9 Å². The summed E-state index contributed by atoms with van der Waals surface area (Å²) in [5.41, 5.74) is 4.88. The molecule has 1 N–H and O–H groups in total. The van der Waals surface area contributed by atoms with Gasteiger partial charge in [0.05, 0.1) is 43.7 Å². The number of fused-ring (bicyclic) bond motifs is 2. The molecule has 4 aromatic rings. The Morgan fingerprint density at radius 2 is 1.87 bits per heavy atom. The van der Waals surface area contributed by atoms with E-state index in [4.69, 9.17) is 14.5 Å². The van der Waals surface area contributed by atoms with Crippen molar-refractivity contribution in [1.29, 1.82) is 0 Å². The van der Waals surface area contributed by atoms with Gasteiger partial charge in [-0.25, -0.2) is 9.97 Å². The number of ether oxygens (including phenoxy) is 2. The molecule has 0 unspecified atom stereocenters. The summed E-state index contributed by atoms with van der Waals surface area (Å²) in [5, 5.41) is 0.461. The topological polar surface area (TPSA) is 85.3 Å². The molecule has 5 rings (SSSR count). The number of H-pyrrole nitrogens is 1. The number of aromatic amines is 1. The summed E-state index contributed by atoms with van der Waals surface area (Å²) < 4.78 is 12.8. The first kappa shape index (κ1) is 19.2. The van der Waals surface area contributed by atoms with E-state index in [9.17, 15) is 4.79 Å². The van der Waals surface area contributed by atoms with Crippen LogP contribution in [0.4, 0.5) is 5.95 Å². The number of nitrogens with one attached hydrogen (secondary N) is 1. The SMILES string of the molecule is COc1cc2nc(N3CCc4c(ncn4-c4ccccc4C)C3)[nH]c(=O)c2cc1OC. The number of rotatable bonds is 4. The van der Waals surface area contributed by atoms with Crippen LogP contribution in [0.1, 0.15) is 17.0 Å². The first-order chi connectivity index (χ1) is 15.1. The molecule has 1 aliphatic rings. The maximum Gasteiger partial charge on any atom is 0.260 e. The molecule has 8 heteroatoms. The van der Waals surface area contributed by atoms with Crippen molar-refractivity contribution < 1.29 is 9.47 Å². The van der Waals surface area contributed by atoms with E-state index < -0.39 is 0 Å². The Kier molecular flexibility index (Phi) is 4.62. The molecule has 0 saturated heterocycles. The lowest BCUT2D eigenvalue weighted by atomic mass is 10.1. The van der Waals surface area contributed by atoms with Gasteiger partial charge in [0.1, 0.15) is 0 Å². The van der Waals surface area contributed by atoms with Gasteiger partial charge in [-0.2, -0.15) is 0 Å². The molecule has 3 heterocycles. The zero-order valence-corrected chi connectivity index (χ0v) is 17.7. The zero-order chi connectivity index (χ0) is 21.5. The highest BCUT2D eigenvalue weighted by molar-refractivity contribution is 5.82. The van der Waals surface area contributed by atoms with Crippen LogP contribution in [0.5, 0.6) is 11.5 Å². The van der Waals surface area contributed by atoms with Crippen LogP contribution in [0, 0.1) is 6.92 Å². The molecule has 0 bridgehead atoms. The number of nitrogens with zero attached hydrogens (tertiary/aromatic N) is 4. The molecule has 0 aliphatic carbocycles. The maximum absolute atomic E-state index is 12.7. The average Bonchev–Trinajstić information content (AvgIpc) is 3.21. The van der Waals surface area contributed by atoms with Crippen LogP contribution in [-0.4, -0.2) is 40.3 Å². The number of benzene rings is 2. The Morgan fingerprint density at radius 3 is 2.65 bits per heavy atom. The van der Waals surface area contributed by atoms with E-state index in [1.807, 2.05) is 18.5 Å². The highest BCUT2D eigenvalue weighted by Gasteiger charge is 2.24. The maximum atomic E-state index is 12.7. The number of aryl methyl sites for hydroxylation is 1. The van der Waals surface area contributed by atoms with Gasteiger partial charge in [-0.15, -0.1) is 0 Å². The lowest BCUT2D eigenvalue weighted by Gasteiger charge is -2.28. The fourth-order valence-corrected chi connectivity index (χ4v) is 4.13. The van der Waals surface area contributed by atoms with Crippen molar-refractivity contribution in [2.75, 3.05) is 25.7 Å². The van der Waals surface area contributed by atoms with Crippen molar-refractivity contribution in [2.45, 2.75) is 19.9 Å². The van der Waals surface area contributed by atoms with Crippen molar-refractivity contribution >= 4 is 16.9 Å². The van der Waals surface area contributed by atoms with Gasteiger partial charge < -0.3 is 18.9 Å². The van der Waals surface area contributed by atoms with E-state index in [1.54, 1.807) is 26.4 Å². The van der Waals surface area contributed by atoms with Gasteiger partial charge in [-0.3, -0.25) is 9.78 Å². The van der Waals surface area contributed by atoms with Crippen LogP contribution in [0.2, 0.25) is 0 Å². The molecule has 0 fully saturated rings. The number of imidazole rings is 1. The van der Waals surface area contributed by atoms with Gasteiger partial charge in [0.25, 0.3) is 5.56 Å². The minimum atomic E-state index is -0.211. The third-order valence-corrected chi connectivity index (χ3v) is 5.78. The van der Waals surface area contributed by atoms with Gasteiger partial charge in [0.15, 0.2) is 11.5 Å². The van der Waals surface area contributed by atoms with Gasteiger partial charge in [-0.1, -0.05) is 18.2 Å². The second kappa shape index (κ2) is 7.46. The van der Waals surface area contributed by atoms with Crippen LogP contribution >= 0.6 is 0 Å². The first-order valence-corrected chi connectivity index (χ1v) is 10.1. The Bertz CT molecular complexity index is 1340. The Labute approximate surface area is 179 Å². The summed E-state index contributed by atoms with van der Waals surface area (Å²) in [6, 6.07) is 11.7. The lowest BCUT2D eigenvalue weighted by Crippen LogP contribution is -2.33. The average molecular weight is 417 g/mol. The summed E-state index contributed by atoms with van der Waals surface area (Å²) in [6.07, 6.45) is 2.68. The third-order valence-electron chi connectivity index (χ3n) is 5.78. The third kappa shape index (κ3) is 3.20. The quantitative estimate of drug-likeness (QED) is 0.550. The minimum Gasteiger partial charge on any atom is -0.493 e. The largest absolute Gasteiger partial charge is 0.493 e. The number of methoxy groups -OCH3 is 2. The number of hydrogen-bond donors (Lipinski definition) is 1. The van der Waals surface area contributed by atoms with Crippen molar-refractivity contribution in [1.82, 2.24) is 19.5 Å². The van der Waals surface area contributed by atoms with E-state index >= 15 is 0 Å². The molecule has 2 aromatic carbocycles. The Balaban J connectivity index is 1.51. The predicted molar refractivity (Wildman–Crippen MR) is 119 cm³/mol. The summed E-state index contributed by atoms with van der Waals surface area (Å²) in [7, 11) is 3.11. The van der Waals surface area contributed by atoms with Gasteiger partial charge in [0, 0.05) is 30.4 Å². The van der Waals surface area contributed by atoms with E-state index in [2.05, 4.69) is 38.5 Å². The van der Waals surface area contributed by atoms with E-state index in [1.165, 1.54) is 11.3 Å². The molecule has 0 radical (unpaired) electrons. The van der Waals surface area contributed by atoms with Crippen LogP contribution in [-0.2, 0) is 13.0 Å². The standard InChI is InChI=1S/C23H23N5O3/c1-14-6-4-5-7-18(14)28-13-24-17-12-27(9-8-19(17)28)23-25-16-11-21(31-3)20(30-2)10-15(16)22(29)26-23/h4-7,10-11,13H,8-9,12H2,1-3H3,(H,25,26,29). The van der Waals surface area contributed by atoms with Gasteiger partial charge in [-0.05, 0) is 24.6 Å². The van der Waals surface area contributed by atoms with Crippen LogP contribution in [0.25, 0.3) is 16.6 Å². The predicted octanol–water partition coefficient (Wildman–Crippen LogP) is 3.00. The zero-order valence-electron chi connectivity index (χ0n) is 17.7. The second-order valence-corrected chi connectivity index (χ2v) is 7.58. The van der Waals surface area contributed by atoms with Crippen molar-refractivity contribution in [3.8, 4) is 17.2 Å². The fourth-order valence-electron chi connectivity index (χ4n) is 4.13. The number of hydrogen-bond acceptors (Lipinski definition) is 6. The molecule has 0 spiro atoms. The molecule has 1 aliphatic heterocycles. The molecule has 0 amide bonds. The molecule has 158 valence electrons. The van der Waals surface area contributed by atoms with E-state index in [0.717, 1.165) is 24.3 Å². The highest BCUT2D eigenvalue weighted by Crippen LogP contribution is 2.31. The molecule has 0 saturated carbocycles. The molecule has 31 heavy (non-hydrogen) atoms. The monoisotopic (exact) mass is 417 g/mol. The second-order valence-electron chi connectivity index (χ2n) is 7.58. The van der Waals surface area contributed by atoms with Crippen LogP contribution in [0.3, 0.4) is 0 Å². The fraction of sp³-hybridized carbons (Fsp3) is 0.261. The molecule has 2 aromatic heterocycles. The molecule has 8 nitrogen and oxygen atoms in total. The van der Waals surface area contributed by atoms with E-state index in [-0.39, 0.29) is 5.56 Å². The number of para-hydroxylation sites is 1. The normalized spacial score (nSPS) is 13.3. The summed E-state index contributed by atoms with van der Waals surface area (Å²) >= 11 is 0. The molecular formula is C23H23N5O3. The molecular weight excluding hydrogens is 394 g/mol. The Hall–Kier alpha value is -3.81. The van der Waals surface area contributed by atoms with E-state index in [0.29, 0.717) is 34.9 Å².